The summed E-state index contributed by atoms with van der Waals surface area (Å²) in [6.07, 6.45) is 1.92. The molecule has 0 amide bonds. The van der Waals surface area contributed by atoms with Crippen molar-refractivity contribution in [2.45, 2.75) is 6.54 Å². The Labute approximate surface area is 103 Å². The van der Waals surface area contributed by atoms with Crippen LogP contribution in [0.25, 0.3) is 0 Å². The minimum absolute atomic E-state index is 0.668. The summed E-state index contributed by atoms with van der Waals surface area (Å²) in [6, 6.07) is 7.71. The fraction of sp³-hybridized carbons (Fsp3) is 0.182. The molecule has 0 saturated heterocycles. The Hall–Kier alpha value is -1.49. The van der Waals surface area contributed by atoms with Crippen LogP contribution in [0.3, 0.4) is 0 Å². The van der Waals surface area contributed by atoms with E-state index in [0.717, 1.165) is 21.5 Å². The molecule has 0 saturated carbocycles. The van der Waals surface area contributed by atoms with Crippen molar-refractivity contribution in [1.29, 1.82) is 0 Å². The van der Waals surface area contributed by atoms with Crippen LogP contribution in [0.5, 0.6) is 0 Å². The van der Waals surface area contributed by atoms with E-state index in [4.69, 9.17) is 5.73 Å². The number of halogens is 1. The van der Waals surface area contributed by atoms with Crippen molar-refractivity contribution in [3.63, 3.8) is 0 Å². The lowest BCUT2D eigenvalue weighted by atomic mass is 10.2. The van der Waals surface area contributed by atoms with Gasteiger partial charge in [-0.2, -0.15) is 5.10 Å². The second-order valence-electron chi connectivity index (χ2n) is 3.57. The van der Waals surface area contributed by atoms with E-state index in [9.17, 15) is 0 Å². The monoisotopic (exact) mass is 280 g/mol. The molecule has 2 rings (SSSR count). The van der Waals surface area contributed by atoms with Crippen LogP contribution in [-0.4, -0.2) is 9.78 Å². The van der Waals surface area contributed by atoms with Crippen molar-refractivity contribution in [2.24, 2.45) is 7.05 Å². The molecule has 0 aliphatic heterocycles. The molecule has 0 aliphatic rings. The van der Waals surface area contributed by atoms with Gasteiger partial charge in [-0.1, -0.05) is 15.9 Å². The van der Waals surface area contributed by atoms with Crippen LogP contribution in [0, 0.1) is 0 Å². The largest absolute Gasteiger partial charge is 0.397 e. The van der Waals surface area contributed by atoms with Crippen LogP contribution < -0.4 is 11.1 Å². The third kappa shape index (κ3) is 2.55. The molecule has 1 aromatic heterocycles. The average molecular weight is 281 g/mol. The number of anilines is 2. The fourth-order valence-corrected chi connectivity index (χ4v) is 1.79. The van der Waals surface area contributed by atoms with E-state index in [-0.39, 0.29) is 0 Å². The number of aromatic nitrogens is 2. The lowest BCUT2D eigenvalue weighted by Gasteiger charge is -2.08. The van der Waals surface area contributed by atoms with Crippen LogP contribution in [0.2, 0.25) is 0 Å². The highest BCUT2D eigenvalue weighted by Gasteiger charge is 2.01. The van der Waals surface area contributed by atoms with Gasteiger partial charge in [0.15, 0.2) is 0 Å². The second kappa shape index (κ2) is 4.57. The first-order valence-corrected chi connectivity index (χ1v) is 5.72. The summed E-state index contributed by atoms with van der Waals surface area (Å²) in [7, 11) is 1.90. The number of hydrogen-bond acceptors (Lipinski definition) is 3. The summed E-state index contributed by atoms with van der Waals surface area (Å²) in [5.74, 6) is 0. The van der Waals surface area contributed by atoms with Crippen molar-refractivity contribution in [3.05, 3.63) is 40.6 Å². The van der Waals surface area contributed by atoms with Gasteiger partial charge in [0.1, 0.15) is 0 Å². The number of nitrogens with zero attached hydrogens (tertiary/aromatic N) is 2. The number of hydrogen-bond donors (Lipinski definition) is 2. The highest BCUT2D eigenvalue weighted by Crippen LogP contribution is 2.23. The lowest BCUT2D eigenvalue weighted by molar-refractivity contribution is 0.747. The molecule has 1 aromatic carbocycles. The van der Waals surface area contributed by atoms with Crippen molar-refractivity contribution < 1.29 is 0 Å². The Balaban J connectivity index is 2.07. The number of rotatable bonds is 3. The number of nitrogen functional groups attached to an aromatic ring is 1. The van der Waals surface area contributed by atoms with E-state index in [1.807, 2.05) is 37.5 Å². The zero-order valence-electron chi connectivity index (χ0n) is 8.94. The van der Waals surface area contributed by atoms with Gasteiger partial charge in [-0.05, 0) is 24.3 Å². The molecule has 0 unspecified atom stereocenters. The predicted molar refractivity (Wildman–Crippen MR) is 69.1 cm³/mol. The van der Waals surface area contributed by atoms with Gasteiger partial charge in [0, 0.05) is 17.7 Å². The van der Waals surface area contributed by atoms with E-state index in [1.165, 1.54) is 0 Å². The second-order valence-corrected chi connectivity index (χ2v) is 4.48. The van der Waals surface area contributed by atoms with Crippen LogP contribution in [0.1, 0.15) is 5.69 Å². The molecule has 0 aliphatic carbocycles. The number of nitrogens with two attached hydrogens (primary N) is 1. The quantitative estimate of drug-likeness (QED) is 0.849. The molecule has 0 radical (unpaired) electrons. The molecule has 0 fully saturated rings. The third-order valence-corrected chi connectivity index (χ3v) is 2.74. The number of aryl methyl sites for hydroxylation is 1. The first-order chi connectivity index (χ1) is 7.65. The Morgan fingerprint density at radius 3 is 2.94 bits per heavy atom. The van der Waals surface area contributed by atoms with Gasteiger partial charge >= 0.3 is 0 Å². The van der Waals surface area contributed by atoms with Crippen LogP contribution in [-0.2, 0) is 13.6 Å². The molecule has 2 aromatic rings. The first kappa shape index (κ1) is 11.0. The third-order valence-electron chi connectivity index (χ3n) is 2.24. The minimum atomic E-state index is 0.668. The molecule has 1 heterocycles. The van der Waals surface area contributed by atoms with Gasteiger partial charge < -0.3 is 11.1 Å². The molecule has 0 bridgehead atoms. The summed E-state index contributed by atoms with van der Waals surface area (Å²) in [6.45, 7) is 0.668. The molecule has 3 N–H and O–H groups in total. The molecular formula is C11H13BrN4. The number of benzene rings is 1. The van der Waals surface area contributed by atoms with Crippen molar-refractivity contribution in [1.82, 2.24) is 9.78 Å². The molecular weight excluding hydrogens is 268 g/mol. The van der Waals surface area contributed by atoms with Gasteiger partial charge in [0.25, 0.3) is 0 Å². The highest BCUT2D eigenvalue weighted by atomic mass is 79.9. The first-order valence-electron chi connectivity index (χ1n) is 4.92. The molecule has 0 atom stereocenters. The topological polar surface area (TPSA) is 55.9 Å². The molecule has 5 heteroatoms. The van der Waals surface area contributed by atoms with Gasteiger partial charge in [0.05, 0.1) is 23.6 Å². The Morgan fingerprint density at radius 1 is 1.44 bits per heavy atom. The maximum absolute atomic E-state index is 5.85. The summed E-state index contributed by atoms with van der Waals surface area (Å²) in [5, 5.41) is 7.53. The zero-order valence-corrected chi connectivity index (χ0v) is 10.5. The van der Waals surface area contributed by atoms with Crippen LogP contribution >= 0.6 is 15.9 Å². The molecule has 0 spiro atoms. The van der Waals surface area contributed by atoms with E-state index in [0.29, 0.717) is 6.54 Å². The fourth-order valence-electron chi connectivity index (χ4n) is 1.42. The van der Waals surface area contributed by atoms with Gasteiger partial charge in [0.2, 0.25) is 0 Å². The lowest BCUT2D eigenvalue weighted by Crippen LogP contribution is -2.03. The summed E-state index contributed by atoms with van der Waals surface area (Å²) < 4.78 is 2.78. The summed E-state index contributed by atoms with van der Waals surface area (Å²) >= 11 is 3.41. The highest BCUT2D eigenvalue weighted by molar-refractivity contribution is 9.10. The van der Waals surface area contributed by atoms with Gasteiger partial charge in [-0.25, -0.2) is 0 Å². The molecule has 16 heavy (non-hydrogen) atoms. The van der Waals surface area contributed by atoms with E-state index in [1.54, 1.807) is 4.68 Å². The minimum Gasteiger partial charge on any atom is -0.397 e. The average Bonchev–Trinajstić information content (AvgIpc) is 2.66. The molecule has 4 nitrogen and oxygen atoms in total. The Morgan fingerprint density at radius 2 is 2.25 bits per heavy atom. The predicted octanol–water partition coefficient (Wildman–Crippen LogP) is 2.38. The molecule has 84 valence electrons. The maximum atomic E-state index is 5.85. The smallest absolute Gasteiger partial charge is 0.0815 e. The summed E-state index contributed by atoms with van der Waals surface area (Å²) in [5.41, 5.74) is 8.49. The normalized spacial score (nSPS) is 10.4. The van der Waals surface area contributed by atoms with E-state index in [2.05, 4.69) is 26.3 Å². The van der Waals surface area contributed by atoms with Gasteiger partial charge in [-0.3, -0.25) is 4.68 Å². The Bertz CT molecular complexity index is 492. The maximum Gasteiger partial charge on any atom is 0.0815 e. The zero-order chi connectivity index (χ0) is 11.5. The van der Waals surface area contributed by atoms with Crippen molar-refractivity contribution >= 4 is 27.3 Å². The number of nitrogens with one attached hydrogen (secondary N) is 1. The summed E-state index contributed by atoms with van der Waals surface area (Å²) in [4.78, 5) is 0. The Kier molecular flexibility index (Phi) is 3.14. The van der Waals surface area contributed by atoms with Crippen molar-refractivity contribution in [2.75, 3.05) is 11.1 Å². The van der Waals surface area contributed by atoms with Crippen molar-refractivity contribution in [3.8, 4) is 0 Å². The van der Waals surface area contributed by atoms with E-state index >= 15 is 0 Å². The SMILES string of the molecule is Cn1ccc(CNc2cc(Br)ccc2N)n1. The van der Waals surface area contributed by atoms with E-state index < -0.39 is 0 Å². The van der Waals surface area contributed by atoms with Crippen LogP contribution in [0.4, 0.5) is 11.4 Å². The van der Waals surface area contributed by atoms with Crippen LogP contribution in [0.15, 0.2) is 34.9 Å². The van der Waals surface area contributed by atoms with Gasteiger partial charge in [-0.15, -0.1) is 0 Å². The standard InChI is InChI=1S/C11H13BrN4/c1-16-5-4-9(15-16)7-14-11-6-8(12)2-3-10(11)13/h2-6,14H,7,13H2,1H3.